The average molecular weight is 285 g/mol. The Bertz CT molecular complexity index is 591. The van der Waals surface area contributed by atoms with Crippen molar-refractivity contribution in [1.29, 1.82) is 0 Å². The van der Waals surface area contributed by atoms with E-state index in [1.807, 2.05) is 6.07 Å². The van der Waals surface area contributed by atoms with Crippen molar-refractivity contribution in [3.05, 3.63) is 29.3 Å². The number of hydrogen-bond acceptors (Lipinski definition) is 3. The molecule has 6 heteroatoms. The van der Waals surface area contributed by atoms with E-state index in [0.717, 1.165) is 5.56 Å². The second-order valence-electron chi connectivity index (χ2n) is 5.33. The molecule has 1 aromatic carbocycles. The minimum Gasteiger partial charge on any atom is -0.481 e. The first-order valence-electron chi connectivity index (χ1n) is 5.86. The summed E-state index contributed by atoms with van der Waals surface area (Å²) >= 11 is 0. The zero-order chi connectivity index (χ0) is 14.8. The number of aryl methyl sites for hydroxylation is 2. The Balaban J connectivity index is 3.11. The molecular weight excluding hydrogens is 266 g/mol. The second-order valence-corrected chi connectivity index (χ2v) is 6.98. The Morgan fingerprint density at radius 3 is 2.42 bits per heavy atom. The molecule has 0 amide bonds. The van der Waals surface area contributed by atoms with Crippen molar-refractivity contribution in [1.82, 2.24) is 4.72 Å². The van der Waals surface area contributed by atoms with E-state index in [4.69, 9.17) is 5.11 Å². The van der Waals surface area contributed by atoms with E-state index in [-0.39, 0.29) is 11.3 Å². The maximum absolute atomic E-state index is 12.3. The number of rotatable bonds is 5. The van der Waals surface area contributed by atoms with Gasteiger partial charge in [0.05, 0.1) is 11.3 Å². The van der Waals surface area contributed by atoms with Crippen LogP contribution in [0, 0.1) is 13.8 Å². The second kappa shape index (κ2) is 5.30. The first kappa shape index (κ1) is 15.7. The van der Waals surface area contributed by atoms with Crippen LogP contribution < -0.4 is 4.72 Å². The highest BCUT2D eigenvalue weighted by Crippen LogP contribution is 2.20. The van der Waals surface area contributed by atoms with Crippen LogP contribution >= 0.6 is 0 Å². The number of aliphatic carboxylic acids is 1. The number of sulfonamides is 1. The largest absolute Gasteiger partial charge is 0.481 e. The minimum absolute atomic E-state index is 0.186. The number of hydrogen-bond donors (Lipinski definition) is 2. The van der Waals surface area contributed by atoms with Gasteiger partial charge in [0.2, 0.25) is 10.0 Å². The monoisotopic (exact) mass is 285 g/mol. The molecule has 0 aliphatic carbocycles. The first-order valence-corrected chi connectivity index (χ1v) is 7.35. The summed E-state index contributed by atoms with van der Waals surface area (Å²) in [7, 11) is -3.73. The van der Waals surface area contributed by atoms with Crippen molar-refractivity contribution >= 4 is 16.0 Å². The van der Waals surface area contributed by atoms with Gasteiger partial charge >= 0.3 is 5.97 Å². The van der Waals surface area contributed by atoms with E-state index in [9.17, 15) is 13.2 Å². The van der Waals surface area contributed by atoms with Crippen LogP contribution in [0.5, 0.6) is 0 Å². The Morgan fingerprint density at radius 2 is 1.89 bits per heavy atom. The summed E-state index contributed by atoms with van der Waals surface area (Å²) in [5, 5.41) is 8.78. The fraction of sp³-hybridized carbons (Fsp3) is 0.462. The lowest BCUT2D eigenvalue weighted by Crippen LogP contribution is -2.45. The van der Waals surface area contributed by atoms with Crippen LogP contribution in [-0.4, -0.2) is 25.0 Å². The molecule has 19 heavy (non-hydrogen) atoms. The topological polar surface area (TPSA) is 83.5 Å². The summed E-state index contributed by atoms with van der Waals surface area (Å²) in [6, 6.07) is 5.14. The molecular formula is C13H19NO4S. The predicted molar refractivity (Wildman–Crippen MR) is 72.6 cm³/mol. The van der Waals surface area contributed by atoms with Gasteiger partial charge in [-0.15, -0.1) is 0 Å². The van der Waals surface area contributed by atoms with Crippen molar-refractivity contribution in [2.75, 3.05) is 0 Å². The molecule has 0 aliphatic rings. The van der Waals surface area contributed by atoms with Gasteiger partial charge in [0.25, 0.3) is 0 Å². The highest BCUT2D eigenvalue weighted by atomic mass is 32.2. The Hall–Kier alpha value is -1.40. The van der Waals surface area contributed by atoms with Gasteiger partial charge in [0.15, 0.2) is 0 Å². The zero-order valence-electron chi connectivity index (χ0n) is 11.5. The van der Waals surface area contributed by atoms with Crippen molar-refractivity contribution in [2.24, 2.45) is 0 Å². The number of carboxylic acids is 1. The average Bonchev–Trinajstić information content (AvgIpc) is 2.17. The standard InChI is InChI=1S/C13H19NO4S/c1-9-5-6-10(2)11(7-9)19(17,18)14-13(3,4)8-12(15)16/h5-7,14H,8H2,1-4H3,(H,15,16). The molecule has 0 aromatic heterocycles. The molecule has 0 heterocycles. The van der Waals surface area contributed by atoms with E-state index < -0.39 is 21.5 Å². The molecule has 0 fully saturated rings. The fourth-order valence-electron chi connectivity index (χ4n) is 1.83. The minimum atomic E-state index is -3.73. The van der Waals surface area contributed by atoms with E-state index in [0.29, 0.717) is 5.56 Å². The molecule has 0 radical (unpaired) electrons. The third-order valence-electron chi connectivity index (χ3n) is 2.64. The van der Waals surface area contributed by atoms with Crippen LogP contribution in [0.1, 0.15) is 31.4 Å². The maximum Gasteiger partial charge on any atom is 0.305 e. The van der Waals surface area contributed by atoms with Gasteiger partial charge in [-0.25, -0.2) is 13.1 Å². The molecule has 106 valence electrons. The van der Waals surface area contributed by atoms with Gasteiger partial charge in [-0.1, -0.05) is 12.1 Å². The molecule has 2 N–H and O–H groups in total. The summed E-state index contributed by atoms with van der Waals surface area (Å²) in [6.07, 6.45) is -0.281. The number of nitrogens with one attached hydrogen (secondary N) is 1. The lowest BCUT2D eigenvalue weighted by molar-refractivity contribution is -0.138. The van der Waals surface area contributed by atoms with E-state index in [2.05, 4.69) is 4.72 Å². The van der Waals surface area contributed by atoms with Gasteiger partial charge in [0.1, 0.15) is 0 Å². The van der Waals surface area contributed by atoms with Crippen LogP contribution in [-0.2, 0) is 14.8 Å². The van der Waals surface area contributed by atoms with Crippen molar-refractivity contribution in [3.63, 3.8) is 0 Å². The normalized spacial score (nSPS) is 12.4. The number of carbonyl (C=O) groups is 1. The number of benzene rings is 1. The Morgan fingerprint density at radius 1 is 1.32 bits per heavy atom. The molecule has 1 rings (SSSR count). The highest BCUT2D eigenvalue weighted by molar-refractivity contribution is 7.89. The van der Waals surface area contributed by atoms with Crippen LogP contribution in [0.4, 0.5) is 0 Å². The Labute approximate surface area is 113 Å². The van der Waals surface area contributed by atoms with E-state index in [1.54, 1.807) is 39.8 Å². The van der Waals surface area contributed by atoms with Crippen LogP contribution in [0.3, 0.4) is 0 Å². The molecule has 5 nitrogen and oxygen atoms in total. The van der Waals surface area contributed by atoms with Gasteiger partial charge < -0.3 is 5.11 Å². The summed E-state index contributed by atoms with van der Waals surface area (Å²) in [4.78, 5) is 10.9. The van der Waals surface area contributed by atoms with Gasteiger partial charge in [0, 0.05) is 5.54 Å². The third-order valence-corrected chi connectivity index (χ3v) is 4.48. The lowest BCUT2D eigenvalue weighted by atomic mass is 10.0. The van der Waals surface area contributed by atoms with Gasteiger partial charge in [-0.2, -0.15) is 0 Å². The molecule has 0 saturated heterocycles. The molecule has 0 aliphatic heterocycles. The van der Waals surface area contributed by atoms with Crippen LogP contribution in [0.15, 0.2) is 23.1 Å². The van der Waals surface area contributed by atoms with Crippen molar-refractivity contribution in [2.45, 2.75) is 44.6 Å². The van der Waals surface area contributed by atoms with Crippen molar-refractivity contribution in [3.8, 4) is 0 Å². The Kier molecular flexibility index (Phi) is 4.37. The van der Waals surface area contributed by atoms with Gasteiger partial charge in [-0.3, -0.25) is 4.79 Å². The molecule has 0 unspecified atom stereocenters. The van der Waals surface area contributed by atoms with Crippen molar-refractivity contribution < 1.29 is 18.3 Å². The van der Waals surface area contributed by atoms with Crippen LogP contribution in [0.2, 0.25) is 0 Å². The maximum atomic E-state index is 12.3. The zero-order valence-corrected chi connectivity index (χ0v) is 12.3. The summed E-state index contributed by atoms with van der Waals surface area (Å²) in [6.45, 7) is 6.60. The first-order chi connectivity index (χ1) is 8.53. The fourth-order valence-corrected chi connectivity index (χ4v) is 3.57. The molecule has 0 bridgehead atoms. The highest BCUT2D eigenvalue weighted by Gasteiger charge is 2.29. The lowest BCUT2D eigenvalue weighted by Gasteiger charge is -2.24. The predicted octanol–water partition coefficient (Wildman–Crippen LogP) is 1.84. The molecule has 0 atom stereocenters. The summed E-state index contributed by atoms with van der Waals surface area (Å²) in [5.41, 5.74) is 0.423. The van der Waals surface area contributed by atoms with Crippen LogP contribution in [0.25, 0.3) is 0 Å². The molecule has 1 aromatic rings. The quantitative estimate of drug-likeness (QED) is 0.864. The molecule has 0 spiro atoms. The molecule has 0 saturated carbocycles. The summed E-state index contributed by atoms with van der Waals surface area (Å²) in [5.74, 6) is -1.05. The van der Waals surface area contributed by atoms with E-state index >= 15 is 0 Å². The SMILES string of the molecule is Cc1ccc(C)c(S(=O)(=O)NC(C)(C)CC(=O)O)c1. The summed E-state index contributed by atoms with van der Waals surface area (Å²) < 4.78 is 27.0. The van der Waals surface area contributed by atoms with E-state index in [1.165, 1.54) is 0 Å². The number of carboxylic acid groups (broad SMARTS) is 1. The van der Waals surface area contributed by atoms with Gasteiger partial charge in [-0.05, 0) is 44.9 Å². The third kappa shape index (κ3) is 4.33. The smallest absolute Gasteiger partial charge is 0.305 e.